The Balaban J connectivity index is 1.81. The van der Waals surface area contributed by atoms with E-state index >= 15 is 0 Å². The molecule has 1 N–H and O–H groups in total. The molecule has 1 unspecified atom stereocenters. The summed E-state index contributed by atoms with van der Waals surface area (Å²) >= 11 is 0. The Morgan fingerprint density at radius 2 is 1.77 bits per heavy atom. The van der Waals surface area contributed by atoms with Crippen LogP contribution in [0.3, 0.4) is 0 Å². The van der Waals surface area contributed by atoms with Gasteiger partial charge in [0.15, 0.2) is 0 Å². The number of para-hydroxylation sites is 2. The summed E-state index contributed by atoms with van der Waals surface area (Å²) in [6.45, 7) is 2.29. The number of amides is 1. The minimum Gasteiger partial charge on any atom is -0.496 e. The van der Waals surface area contributed by atoms with E-state index in [1.54, 1.807) is 7.11 Å². The molecule has 4 heteroatoms. The standard InChI is InChI=1S/C18H21NO3/c1-14(16-10-6-7-11-17(16)21-2)19-18(20)12-13-22-15-8-4-3-5-9-15/h3-11,14H,12-13H2,1-2H3,(H,19,20). The molecular formula is C18H21NO3. The first-order valence-corrected chi connectivity index (χ1v) is 7.31. The molecule has 0 aromatic heterocycles. The van der Waals surface area contributed by atoms with Crippen molar-refractivity contribution >= 4 is 5.91 Å². The zero-order chi connectivity index (χ0) is 15.8. The summed E-state index contributed by atoms with van der Waals surface area (Å²) in [5.41, 5.74) is 0.960. The highest BCUT2D eigenvalue weighted by molar-refractivity contribution is 5.76. The first-order valence-electron chi connectivity index (χ1n) is 7.31. The van der Waals surface area contributed by atoms with Gasteiger partial charge in [-0.25, -0.2) is 0 Å². The van der Waals surface area contributed by atoms with Crippen LogP contribution >= 0.6 is 0 Å². The lowest BCUT2D eigenvalue weighted by atomic mass is 10.1. The number of carbonyl (C=O) groups excluding carboxylic acids is 1. The fourth-order valence-corrected chi connectivity index (χ4v) is 2.19. The molecule has 2 aromatic carbocycles. The summed E-state index contributed by atoms with van der Waals surface area (Å²) in [7, 11) is 1.63. The number of hydrogen-bond donors (Lipinski definition) is 1. The molecule has 4 nitrogen and oxygen atoms in total. The van der Waals surface area contributed by atoms with Crippen LogP contribution < -0.4 is 14.8 Å². The zero-order valence-electron chi connectivity index (χ0n) is 12.9. The van der Waals surface area contributed by atoms with Gasteiger partial charge < -0.3 is 14.8 Å². The number of rotatable bonds is 7. The third kappa shape index (κ3) is 4.52. The van der Waals surface area contributed by atoms with Gasteiger partial charge in [0.1, 0.15) is 11.5 Å². The van der Waals surface area contributed by atoms with E-state index in [-0.39, 0.29) is 11.9 Å². The lowest BCUT2D eigenvalue weighted by Gasteiger charge is -2.17. The molecule has 0 saturated heterocycles. The third-order valence-electron chi connectivity index (χ3n) is 3.32. The Bertz CT molecular complexity index is 598. The molecule has 0 aliphatic rings. The SMILES string of the molecule is COc1ccccc1C(C)NC(=O)CCOc1ccccc1. The fourth-order valence-electron chi connectivity index (χ4n) is 2.19. The van der Waals surface area contributed by atoms with Crippen molar-refractivity contribution in [1.82, 2.24) is 5.32 Å². The molecule has 2 aromatic rings. The number of ether oxygens (including phenoxy) is 2. The molecule has 0 radical (unpaired) electrons. The number of benzene rings is 2. The van der Waals surface area contributed by atoms with Crippen molar-refractivity contribution in [3.05, 3.63) is 60.2 Å². The molecule has 0 bridgehead atoms. The molecule has 0 aliphatic heterocycles. The van der Waals surface area contributed by atoms with Crippen LogP contribution in [0.5, 0.6) is 11.5 Å². The molecule has 116 valence electrons. The first kappa shape index (κ1) is 15.9. The Morgan fingerprint density at radius 3 is 2.50 bits per heavy atom. The monoisotopic (exact) mass is 299 g/mol. The average molecular weight is 299 g/mol. The summed E-state index contributed by atoms with van der Waals surface area (Å²) in [5.74, 6) is 1.50. The highest BCUT2D eigenvalue weighted by Crippen LogP contribution is 2.24. The van der Waals surface area contributed by atoms with E-state index in [0.29, 0.717) is 13.0 Å². The van der Waals surface area contributed by atoms with E-state index in [1.807, 2.05) is 61.5 Å². The molecule has 2 rings (SSSR count). The fraction of sp³-hybridized carbons (Fsp3) is 0.278. The van der Waals surface area contributed by atoms with Crippen LogP contribution in [-0.4, -0.2) is 19.6 Å². The highest BCUT2D eigenvalue weighted by Gasteiger charge is 2.13. The average Bonchev–Trinajstić information content (AvgIpc) is 2.55. The Hall–Kier alpha value is -2.49. The summed E-state index contributed by atoms with van der Waals surface area (Å²) in [6, 6.07) is 17.0. The molecule has 0 spiro atoms. The second kappa shape index (κ2) is 8.08. The van der Waals surface area contributed by atoms with Gasteiger partial charge >= 0.3 is 0 Å². The topological polar surface area (TPSA) is 47.6 Å². The van der Waals surface area contributed by atoms with Crippen LogP contribution in [-0.2, 0) is 4.79 Å². The molecule has 0 aliphatic carbocycles. The van der Waals surface area contributed by atoms with Gasteiger partial charge in [-0.2, -0.15) is 0 Å². The number of carbonyl (C=O) groups is 1. The molecule has 1 amide bonds. The molecule has 0 heterocycles. The second-order valence-electron chi connectivity index (χ2n) is 4.94. The van der Waals surface area contributed by atoms with Crippen molar-refractivity contribution in [2.75, 3.05) is 13.7 Å². The van der Waals surface area contributed by atoms with Crippen LogP contribution in [0.2, 0.25) is 0 Å². The van der Waals surface area contributed by atoms with Crippen LogP contribution in [0.1, 0.15) is 24.9 Å². The number of nitrogens with one attached hydrogen (secondary N) is 1. The van der Waals surface area contributed by atoms with E-state index in [2.05, 4.69) is 5.32 Å². The summed E-state index contributed by atoms with van der Waals surface area (Å²) in [5, 5.41) is 2.96. The normalized spacial score (nSPS) is 11.5. The van der Waals surface area contributed by atoms with Crippen molar-refractivity contribution < 1.29 is 14.3 Å². The lowest BCUT2D eigenvalue weighted by molar-refractivity contribution is -0.122. The van der Waals surface area contributed by atoms with Gasteiger partial charge in [0, 0.05) is 5.56 Å². The third-order valence-corrected chi connectivity index (χ3v) is 3.32. The predicted octanol–water partition coefficient (Wildman–Crippen LogP) is 3.34. The zero-order valence-corrected chi connectivity index (χ0v) is 12.9. The minimum atomic E-state index is -0.111. The summed E-state index contributed by atoms with van der Waals surface area (Å²) in [4.78, 5) is 12.0. The van der Waals surface area contributed by atoms with Gasteiger partial charge in [-0.15, -0.1) is 0 Å². The highest BCUT2D eigenvalue weighted by atomic mass is 16.5. The lowest BCUT2D eigenvalue weighted by Crippen LogP contribution is -2.28. The smallest absolute Gasteiger partial charge is 0.223 e. The summed E-state index contributed by atoms with van der Waals surface area (Å²) in [6.07, 6.45) is 0.314. The van der Waals surface area contributed by atoms with Crippen LogP contribution in [0.25, 0.3) is 0 Å². The van der Waals surface area contributed by atoms with Crippen LogP contribution in [0, 0.1) is 0 Å². The van der Waals surface area contributed by atoms with Gasteiger partial charge in [-0.1, -0.05) is 36.4 Å². The maximum atomic E-state index is 12.0. The first-order chi connectivity index (χ1) is 10.7. The van der Waals surface area contributed by atoms with Crippen molar-refractivity contribution in [2.45, 2.75) is 19.4 Å². The number of methoxy groups -OCH3 is 1. The van der Waals surface area contributed by atoms with E-state index < -0.39 is 0 Å². The van der Waals surface area contributed by atoms with Crippen LogP contribution in [0.4, 0.5) is 0 Å². The van der Waals surface area contributed by atoms with Crippen molar-refractivity contribution in [2.24, 2.45) is 0 Å². The Morgan fingerprint density at radius 1 is 1.09 bits per heavy atom. The second-order valence-corrected chi connectivity index (χ2v) is 4.94. The van der Waals surface area contributed by atoms with Gasteiger partial charge in [-0.05, 0) is 25.1 Å². The van der Waals surface area contributed by atoms with E-state index in [0.717, 1.165) is 17.1 Å². The molecule has 22 heavy (non-hydrogen) atoms. The Labute approximate surface area is 131 Å². The minimum absolute atomic E-state index is 0.0469. The van der Waals surface area contributed by atoms with E-state index in [9.17, 15) is 4.79 Å². The van der Waals surface area contributed by atoms with Crippen molar-refractivity contribution in [3.63, 3.8) is 0 Å². The van der Waals surface area contributed by atoms with E-state index in [4.69, 9.17) is 9.47 Å². The van der Waals surface area contributed by atoms with Gasteiger partial charge in [-0.3, -0.25) is 4.79 Å². The van der Waals surface area contributed by atoms with E-state index in [1.165, 1.54) is 0 Å². The van der Waals surface area contributed by atoms with Gasteiger partial charge in [0.25, 0.3) is 0 Å². The molecule has 1 atom stereocenters. The van der Waals surface area contributed by atoms with Gasteiger partial charge in [0.05, 0.1) is 26.2 Å². The quantitative estimate of drug-likeness (QED) is 0.853. The largest absolute Gasteiger partial charge is 0.496 e. The van der Waals surface area contributed by atoms with Crippen molar-refractivity contribution in [1.29, 1.82) is 0 Å². The molecule has 0 fully saturated rings. The predicted molar refractivity (Wildman–Crippen MR) is 86.1 cm³/mol. The van der Waals surface area contributed by atoms with Crippen LogP contribution in [0.15, 0.2) is 54.6 Å². The van der Waals surface area contributed by atoms with Crippen molar-refractivity contribution in [3.8, 4) is 11.5 Å². The number of hydrogen-bond acceptors (Lipinski definition) is 3. The maximum absolute atomic E-state index is 12.0. The maximum Gasteiger partial charge on any atom is 0.223 e. The summed E-state index contributed by atoms with van der Waals surface area (Å²) < 4.78 is 10.8. The Kier molecular flexibility index (Phi) is 5.83. The molecule has 0 saturated carbocycles. The molecular weight excluding hydrogens is 278 g/mol. The van der Waals surface area contributed by atoms with Gasteiger partial charge in [0.2, 0.25) is 5.91 Å².